The number of nitrogens with zero attached hydrogens (tertiary/aromatic N) is 3. The molecule has 0 fully saturated rings. The van der Waals surface area contributed by atoms with Gasteiger partial charge < -0.3 is 10.1 Å². The first-order valence-electron chi connectivity index (χ1n) is 8.67. The van der Waals surface area contributed by atoms with Crippen molar-refractivity contribution in [2.24, 2.45) is 0 Å². The van der Waals surface area contributed by atoms with E-state index in [2.05, 4.69) is 58.7 Å². The lowest BCUT2D eigenvalue weighted by atomic mass is 9.93. The third-order valence-corrected chi connectivity index (χ3v) is 4.92. The summed E-state index contributed by atoms with van der Waals surface area (Å²) in [5.41, 5.74) is 3.85. The molecule has 1 aliphatic heterocycles. The minimum Gasteiger partial charge on any atom is -0.497 e. The van der Waals surface area contributed by atoms with Crippen molar-refractivity contribution >= 4 is 5.95 Å². The SMILES string of the molecule is CCc1ccc(C2CC(c3ccc(OC)cc3)n3ncnc3N2)cc1. The van der Waals surface area contributed by atoms with Crippen LogP contribution in [0.25, 0.3) is 0 Å². The van der Waals surface area contributed by atoms with Gasteiger partial charge in [-0.2, -0.15) is 10.1 Å². The van der Waals surface area contributed by atoms with Gasteiger partial charge in [0.05, 0.1) is 19.2 Å². The van der Waals surface area contributed by atoms with Crippen LogP contribution in [0.4, 0.5) is 5.95 Å². The first kappa shape index (κ1) is 15.7. The van der Waals surface area contributed by atoms with Gasteiger partial charge >= 0.3 is 0 Å². The van der Waals surface area contributed by atoms with Crippen molar-refractivity contribution in [1.29, 1.82) is 0 Å². The van der Waals surface area contributed by atoms with E-state index in [1.54, 1.807) is 13.4 Å². The molecule has 5 heteroatoms. The largest absolute Gasteiger partial charge is 0.497 e. The van der Waals surface area contributed by atoms with E-state index in [0.29, 0.717) is 0 Å². The average molecular weight is 334 g/mol. The summed E-state index contributed by atoms with van der Waals surface area (Å²) in [7, 11) is 1.69. The van der Waals surface area contributed by atoms with Gasteiger partial charge in [-0.1, -0.05) is 43.3 Å². The predicted octanol–water partition coefficient (Wildman–Crippen LogP) is 4.00. The van der Waals surface area contributed by atoms with Gasteiger partial charge in [-0.05, 0) is 41.7 Å². The fourth-order valence-electron chi connectivity index (χ4n) is 3.43. The highest BCUT2D eigenvalue weighted by atomic mass is 16.5. The molecule has 0 amide bonds. The Kier molecular flexibility index (Phi) is 4.14. The fourth-order valence-corrected chi connectivity index (χ4v) is 3.43. The van der Waals surface area contributed by atoms with E-state index in [9.17, 15) is 0 Å². The number of anilines is 1. The number of ether oxygens (including phenoxy) is 1. The van der Waals surface area contributed by atoms with Crippen molar-refractivity contribution < 1.29 is 4.74 Å². The number of aromatic nitrogens is 3. The zero-order chi connectivity index (χ0) is 17.2. The Balaban J connectivity index is 1.66. The number of hydrogen-bond donors (Lipinski definition) is 1. The Hall–Kier alpha value is -2.82. The van der Waals surface area contributed by atoms with Crippen LogP contribution in [0.15, 0.2) is 54.9 Å². The Morgan fingerprint density at radius 2 is 1.80 bits per heavy atom. The molecule has 25 heavy (non-hydrogen) atoms. The molecule has 1 N–H and O–H groups in total. The van der Waals surface area contributed by atoms with Gasteiger partial charge in [0.2, 0.25) is 5.95 Å². The standard InChI is InChI=1S/C20H22N4O/c1-3-14-4-6-15(7-5-14)18-12-19(24-20(23-18)21-13-22-24)16-8-10-17(25-2)11-9-16/h4-11,13,18-19H,3,12H2,1-2H3,(H,21,22,23). The number of rotatable bonds is 4. The van der Waals surface area contributed by atoms with E-state index in [1.807, 2.05) is 16.8 Å². The van der Waals surface area contributed by atoms with Crippen LogP contribution < -0.4 is 10.1 Å². The topological polar surface area (TPSA) is 52.0 Å². The maximum absolute atomic E-state index is 5.28. The molecular weight excluding hydrogens is 312 g/mol. The van der Waals surface area contributed by atoms with Crippen LogP contribution in [-0.2, 0) is 6.42 Å². The van der Waals surface area contributed by atoms with E-state index >= 15 is 0 Å². The number of fused-ring (bicyclic) bond motifs is 1. The van der Waals surface area contributed by atoms with Gasteiger partial charge in [0.1, 0.15) is 12.1 Å². The summed E-state index contributed by atoms with van der Waals surface area (Å²) in [5.74, 6) is 1.68. The van der Waals surface area contributed by atoms with E-state index in [0.717, 1.165) is 24.5 Å². The predicted molar refractivity (Wildman–Crippen MR) is 98.0 cm³/mol. The first-order valence-corrected chi connectivity index (χ1v) is 8.67. The molecule has 2 heterocycles. The van der Waals surface area contributed by atoms with E-state index in [1.165, 1.54) is 16.7 Å². The minimum atomic E-state index is 0.153. The molecule has 5 nitrogen and oxygen atoms in total. The number of benzene rings is 2. The highest BCUT2D eigenvalue weighted by Gasteiger charge is 2.29. The van der Waals surface area contributed by atoms with Crippen LogP contribution in [0.2, 0.25) is 0 Å². The van der Waals surface area contributed by atoms with Crippen LogP contribution in [0.1, 0.15) is 42.1 Å². The average Bonchev–Trinajstić information content (AvgIpc) is 3.16. The summed E-state index contributed by atoms with van der Waals surface area (Å²) in [6.07, 6.45) is 3.59. The molecule has 0 saturated heterocycles. The highest BCUT2D eigenvalue weighted by molar-refractivity contribution is 5.39. The van der Waals surface area contributed by atoms with Gasteiger partial charge in [0.25, 0.3) is 0 Å². The van der Waals surface area contributed by atoms with Gasteiger partial charge in [-0.3, -0.25) is 0 Å². The van der Waals surface area contributed by atoms with Crippen LogP contribution in [0.5, 0.6) is 5.75 Å². The van der Waals surface area contributed by atoms with E-state index in [-0.39, 0.29) is 12.1 Å². The van der Waals surface area contributed by atoms with Crippen LogP contribution in [0, 0.1) is 0 Å². The normalized spacial score (nSPS) is 19.1. The molecule has 4 rings (SSSR count). The summed E-state index contributed by atoms with van der Waals surface area (Å²) in [4.78, 5) is 4.39. The van der Waals surface area contributed by atoms with Crippen LogP contribution in [0.3, 0.4) is 0 Å². The molecule has 0 aliphatic carbocycles. The Labute approximate surface area is 147 Å². The third-order valence-electron chi connectivity index (χ3n) is 4.92. The second-order valence-corrected chi connectivity index (χ2v) is 6.34. The smallest absolute Gasteiger partial charge is 0.222 e. The number of aryl methyl sites for hydroxylation is 1. The monoisotopic (exact) mass is 334 g/mol. The van der Waals surface area contributed by atoms with Gasteiger partial charge in [-0.25, -0.2) is 4.68 Å². The molecule has 0 saturated carbocycles. The molecule has 1 aliphatic rings. The van der Waals surface area contributed by atoms with E-state index < -0.39 is 0 Å². The molecule has 2 aromatic carbocycles. The quantitative estimate of drug-likeness (QED) is 0.784. The van der Waals surface area contributed by atoms with Crippen molar-refractivity contribution in [2.45, 2.75) is 31.8 Å². The summed E-state index contributed by atoms with van der Waals surface area (Å²) in [5, 5.41) is 7.94. The molecule has 1 aromatic heterocycles. The Morgan fingerprint density at radius 1 is 1.08 bits per heavy atom. The first-order chi connectivity index (χ1) is 12.3. The van der Waals surface area contributed by atoms with Crippen molar-refractivity contribution in [3.63, 3.8) is 0 Å². The number of methoxy groups -OCH3 is 1. The van der Waals surface area contributed by atoms with Crippen LogP contribution in [-0.4, -0.2) is 21.9 Å². The lowest BCUT2D eigenvalue weighted by molar-refractivity contribution is 0.411. The molecule has 0 spiro atoms. The van der Waals surface area contributed by atoms with Crippen LogP contribution >= 0.6 is 0 Å². The lowest BCUT2D eigenvalue weighted by Gasteiger charge is -2.32. The van der Waals surface area contributed by atoms with Crippen molar-refractivity contribution in [3.05, 3.63) is 71.5 Å². The molecule has 0 radical (unpaired) electrons. The number of nitrogens with one attached hydrogen (secondary N) is 1. The van der Waals surface area contributed by atoms with Gasteiger partial charge in [0.15, 0.2) is 0 Å². The second kappa shape index (κ2) is 6.59. The lowest BCUT2D eigenvalue weighted by Crippen LogP contribution is -2.28. The minimum absolute atomic E-state index is 0.153. The third kappa shape index (κ3) is 2.97. The summed E-state index contributed by atoms with van der Waals surface area (Å²) in [6, 6.07) is 17.4. The Bertz CT molecular complexity index is 839. The second-order valence-electron chi connectivity index (χ2n) is 6.34. The summed E-state index contributed by atoms with van der Waals surface area (Å²) >= 11 is 0. The van der Waals surface area contributed by atoms with Gasteiger partial charge in [-0.15, -0.1) is 0 Å². The van der Waals surface area contributed by atoms with Crippen molar-refractivity contribution in [3.8, 4) is 5.75 Å². The molecule has 3 aromatic rings. The summed E-state index contributed by atoms with van der Waals surface area (Å²) < 4.78 is 7.25. The van der Waals surface area contributed by atoms with Gasteiger partial charge in [0, 0.05) is 0 Å². The maximum Gasteiger partial charge on any atom is 0.222 e. The molecule has 2 atom stereocenters. The highest BCUT2D eigenvalue weighted by Crippen LogP contribution is 2.37. The number of hydrogen-bond acceptors (Lipinski definition) is 4. The maximum atomic E-state index is 5.28. The fraction of sp³-hybridized carbons (Fsp3) is 0.300. The molecule has 2 unspecified atom stereocenters. The zero-order valence-corrected chi connectivity index (χ0v) is 14.5. The molecule has 0 bridgehead atoms. The van der Waals surface area contributed by atoms with Crippen molar-refractivity contribution in [2.75, 3.05) is 12.4 Å². The molecule has 128 valence electrons. The molecular formula is C20H22N4O. The van der Waals surface area contributed by atoms with E-state index in [4.69, 9.17) is 4.74 Å². The Morgan fingerprint density at radius 3 is 2.48 bits per heavy atom. The summed E-state index contributed by atoms with van der Waals surface area (Å²) in [6.45, 7) is 2.18. The van der Waals surface area contributed by atoms with Crippen molar-refractivity contribution in [1.82, 2.24) is 14.8 Å². The zero-order valence-electron chi connectivity index (χ0n) is 14.5.